The molecule has 0 aliphatic rings. The van der Waals surface area contributed by atoms with Gasteiger partial charge in [-0.25, -0.2) is 4.79 Å². The Kier molecular flexibility index (Phi) is 14.4. The molecule has 0 heterocycles. The molecule has 178 valence electrons. The third-order valence-corrected chi connectivity index (χ3v) is 4.71. The van der Waals surface area contributed by atoms with Crippen LogP contribution in [0.1, 0.15) is 77.7 Å². The Morgan fingerprint density at radius 3 is 2.52 bits per heavy atom. The molecule has 0 fully saturated rings. The predicted molar refractivity (Wildman–Crippen MR) is 135 cm³/mol. The second-order valence-corrected chi connectivity index (χ2v) is 8.34. The first-order valence-corrected chi connectivity index (χ1v) is 11.8. The van der Waals surface area contributed by atoms with Gasteiger partial charge < -0.3 is 14.6 Å². The fourth-order valence-electron chi connectivity index (χ4n) is 3.12. The van der Waals surface area contributed by atoms with Crippen molar-refractivity contribution in [2.45, 2.75) is 90.1 Å². The number of benzene rings is 1. The van der Waals surface area contributed by atoms with Crippen LogP contribution in [0.3, 0.4) is 0 Å². The minimum atomic E-state index is -1.16. The Morgan fingerprint density at radius 1 is 1.12 bits per heavy atom. The first-order chi connectivity index (χ1) is 15.8. The van der Waals surface area contributed by atoms with Crippen LogP contribution in [0.2, 0.25) is 0 Å². The Labute approximate surface area is 200 Å². The van der Waals surface area contributed by atoms with Crippen LogP contribution in [-0.4, -0.2) is 29.1 Å². The Balaban J connectivity index is 2.48. The highest BCUT2D eigenvalue weighted by molar-refractivity contribution is 5.87. The van der Waals surface area contributed by atoms with Gasteiger partial charge in [0.05, 0.1) is 6.10 Å². The van der Waals surface area contributed by atoms with Crippen molar-refractivity contribution in [3.8, 4) is 23.7 Å². The van der Waals surface area contributed by atoms with Crippen molar-refractivity contribution in [3.05, 3.63) is 54.6 Å². The van der Waals surface area contributed by atoms with Crippen molar-refractivity contribution in [3.63, 3.8) is 0 Å². The maximum absolute atomic E-state index is 12.0. The minimum absolute atomic E-state index is 0.0350. The standard InChI is InChI=1S/C29H38O4/c1-5-7-8-9-16-21-27(33-29(3,4)31)22-17-11-10-15-20-26(6-2)32-28(30)24-23-25-18-13-12-14-19-25/h6,12-14,18-19,23-24,26-27,31H,2,5,7-9,16-17,21-22H2,1,3-4H3. The van der Waals surface area contributed by atoms with E-state index in [9.17, 15) is 9.90 Å². The number of carbonyl (C=O) groups excluding carboxylic acids is 1. The van der Waals surface area contributed by atoms with Gasteiger partial charge in [-0.1, -0.05) is 81.9 Å². The van der Waals surface area contributed by atoms with Crippen LogP contribution in [-0.2, 0) is 14.3 Å². The monoisotopic (exact) mass is 450 g/mol. The van der Waals surface area contributed by atoms with Gasteiger partial charge in [0.15, 0.2) is 11.9 Å². The van der Waals surface area contributed by atoms with Crippen LogP contribution in [0.4, 0.5) is 0 Å². The smallest absolute Gasteiger partial charge is 0.332 e. The number of rotatable bonds is 14. The SMILES string of the molecule is C=CC(C#CC#CCCC(CCCCCCC)OC(C)(C)O)OC(=O)C=Cc1ccccc1. The molecule has 1 N–H and O–H groups in total. The molecular weight excluding hydrogens is 412 g/mol. The highest BCUT2D eigenvalue weighted by Crippen LogP contribution is 2.18. The number of hydrogen-bond acceptors (Lipinski definition) is 4. The van der Waals surface area contributed by atoms with E-state index >= 15 is 0 Å². The van der Waals surface area contributed by atoms with Gasteiger partial charge in [0.2, 0.25) is 0 Å². The van der Waals surface area contributed by atoms with Crippen LogP contribution in [0, 0.1) is 23.7 Å². The fraction of sp³-hybridized carbons (Fsp3) is 0.483. The van der Waals surface area contributed by atoms with Crippen LogP contribution in [0.5, 0.6) is 0 Å². The van der Waals surface area contributed by atoms with Crippen molar-refractivity contribution in [2.75, 3.05) is 0 Å². The van der Waals surface area contributed by atoms with Crippen molar-refractivity contribution < 1.29 is 19.4 Å². The largest absolute Gasteiger partial charge is 0.442 e. The zero-order valence-corrected chi connectivity index (χ0v) is 20.3. The highest BCUT2D eigenvalue weighted by Gasteiger charge is 2.19. The van der Waals surface area contributed by atoms with E-state index in [4.69, 9.17) is 9.47 Å². The van der Waals surface area contributed by atoms with E-state index in [1.165, 1.54) is 37.8 Å². The molecule has 1 aromatic rings. The lowest BCUT2D eigenvalue weighted by molar-refractivity contribution is -0.207. The third kappa shape index (κ3) is 15.6. The summed E-state index contributed by atoms with van der Waals surface area (Å²) in [6.07, 6.45) is 12.0. The third-order valence-electron chi connectivity index (χ3n) is 4.71. The van der Waals surface area contributed by atoms with Crippen LogP contribution in [0.15, 0.2) is 49.1 Å². The molecule has 0 saturated heterocycles. The molecule has 1 rings (SSSR count). The molecule has 1 aromatic carbocycles. The minimum Gasteiger partial charge on any atom is -0.442 e. The Hall–Kier alpha value is -2.79. The number of carbonyl (C=O) groups is 1. The fourth-order valence-corrected chi connectivity index (χ4v) is 3.12. The van der Waals surface area contributed by atoms with E-state index in [0.29, 0.717) is 6.42 Å². The normalized spacial score (nSPS) is 12.7. The number of esters is 1. The number of ether oxygens (including phenoxy) is 2. The van der Waals surface area contributed by atoms with Gasteiger partial charge in [0, 0.05) is 12.5 Å². The Morgan fingerprint density at radius 2 is 1.85 bits per heavy atom. The summed E-state index contributed by atoms with van der Waals surface area (Å²) >= 11 is 0. The zero-order chi connectivity index (χ0) is 24.4. The molecule has 0 saturated carbocycles. The summed E-state index contributed by atoms with van der Waals surface area (Å²) < 4.78 is 11.0. The van der Waals surface area contributed by atoms with E-state index in [1.807, 2.05) is 30.3 Å². The van der Waals surface area contributed by atoms with Crippen molar-refractivity contribution in [1.29, 1.82) is 0 Å². The maximum Gasteiger partial charge on any atom is 0.332 e. The van der Waals surface area contributed by atoms with E-state index < -0.39 is 17.9 Å². The molecule has 0 aliphatic heterocycles. The van der Waals surface area contributed by atoms with Crippen molar-refractivity contribution >= 4 is 12.0 Å². The molecular formula is C29H38O4. The molecule has 0 radical (unpaired) electrons. The molecule has 2 unspecified atom stereocenters. The van der Waals surface area contributed by atoms with E-state index in [0.717, 1.165) is 24.8 Å². The Bertz CT molecular complexity index is 841. The lowest BCUT2D eigenvalue weighted by Gasteiger charge is -2.26. The van der Waals surface area contributed by atoms with E-state index in [2.05, 4.69) is 37.2 Å². The van der Waals surface area contributed by atoms with Crippen molar-refractivity contribution in [2.24, 2.45) is 0 Å². The first kappa shape index (κ1) is 28.2. The van der Waals surface area contributed by atoms with E-state index in [-0.39, 0.29) is 6.10 Å². The van der Waals surface area contributed by atoms with E-state index in [1.54, 1.807) is 19.9 Å². The molecule has 0 aliphatic carbocycles. The summed E-state index contributed by atoms with van der Waals surface area (Å²) in [5.74, 6) is 9.69. The molecule has 4 heteroatoms. The molecule has 0 aromatic heterocycles. The summed E-state index contributed by atoms with van der Waals surface area (Å²) in [7, 11) is 0. The average Bonchev–Trinajstić information content (AvgIpc) is 2.78. The van der Waals surface area contributed by atoms with Gasteiger partial charge in [-0.05, 0) is 62.2 Å². The number of aliphatic hydroxyl groups is 1. The van der Waals surface area contributed by atoms with Gasteiger partial charge >= 0.3 is 5.97 Å². The topological polar surface area (TPSA) is 55.8 Å². The predicted octanol–water partition coefficient (Wildman–Crippen LogP) is 6.06. The number of hydrogen-bond donors (Lipinski definition) is 1. The van der Waals surface area contributed by atoms with Crippen molar-refractivity contribution in [1.82, 2.24) is 0 Å². The van der Waals surface area contributed by atoms with Gasteiger partial charge in [0.1, 0.15) is 0 Å². The van der Waals surface area contributed by atoms with Crippen LogP contribution in [0.25, 0.3) is 6.08 Å². The van der Waals surface area contributed by atoms with Crippen LogP contribution >= 0.6 is 0 Å². The molecule has 33 heavy (non-hydrogen) atoms. The van der Waals surface area contributed by atoms with Gasteiger partial charge in [0.25, 0.3) is 0 Å². The molecule has 0 bridgehead atoms. The average molecular weight is 451 g/mol. The summed E-state index contributed by atoms with van der Waals surface area (Å²) in [5.41, 5.74) is 0.911. The second-order valence-electron chi connectivity index (χ2n) is 8.34. The summed E-state index contributed by atoms with van der Waals surface area (Å²) in [5, 5.41) is 10.00. The molecule has 2 atom stereocenters. The second kappa shape index (κ2) is 16.8. The first-order valence-electron chi connectivity index (χ1n) is 11.8. The van der Waals surface area contributed by atoms with Gasteiger partial charge in [-0.2, -0.15) is 0 Å². The molecule has 4 nitrogen and oxygen atoms in total. The lowest BCUT2D eigenvalue weighted by atomic mass is 10.0. The summed E-state index contributed by atoms with van der Waals surface area (Å²) in [6.45, 7) is 9.17. The lowest BCUT2D eigenvalue weighted by Crippen LogP contribution is -2.30. The zero-order valence-electron chi connectivity index (χ0n) is 20.3. The van der Waals surface area contributed by atoms with Gasteiger partial charge in [-0.15, -0.1) is 0 Å². The highest BCUT2D eigenvalue weighted by atomic mass is 16.6. The van der Waals surface area contributed by atoms with Gasteiger partial charge in [-0.3, -0.25) is 0 Å². The summed E-state index contributed by atoms with van der Waals surface area (Å²) in [6, 6.07) is 9.50. The summed E-state index contributed by atoms with van der Waals surface area (Å²) in [4.78, 5) is 12.0. The number of unbranched alkanes of at least 4 members (excludes halogenated alkanes) is 4. The molecule has 0 amide bonds. The maximum atomic E-state index is 12.0. The van der Waals surface area contributed by atoms with Crippen LogP contribution < -0.4 is 0 Å². The molecule has 0 spiro atoms. The quantitative estimate of drug-likeness (QED) is 0.0935.